The molecule has 2 aromatic carbocycles. The molecule has 1 amide bonds. The lowest BCUT2D eigenvalue weighted by Crippen LogP contribution is -2.29. The van der Waals surface area contributed by atoms with Gasteiger partial charge in [-0.05, 0) is 43.3 Å². The minimum atomic E-state index is -0.969. The zero-order valence-electron chi connectivity index (χ0n) is 14.9. The van der Waals surface area contributed by atoms with E-state index in [1.807, 2.05) is 30.3 Å². The fourth-order valence-corrected chi connectivity index (χ4v) is 3.51. The van der Waals surface area contributed by atoms with Gasteiger partial charge in [-0.3, -0.25) is 4.79 Å². The molecule has 4 aromatic rings. The second kappa shape index (κ2) is 7.66. The molecule has 140 valence electrons. The zero-order chi connectivity index (χ0) is 19.5. The first-order chi connectivity index (χ1) is 13.6. The highest BCUT2D eigenvalue weighted by atomic mass is 32.1. The maximum atomic E-state index is 12.3. The maximum Gasteiger partial charge on any atom is 0.375 e. The normalized spacial score (nSPS) is 11.9. The Balaban J connectivity index is 1.43. The number of furan rings is 1. The average Bonchev–Trinajstić information content (AvgIpc) is 3.35. The molecule has 0 aliphatic rings. The summed E-state index contributed by atoms with van der Waals surface area (Å²) >= 11 is 1.47. The third-order valence-electron chi connectivity index (χ3n) is 4.01. The van der Waals surface area contributed by atoms with E-state index in [1.165, 1.54) is 24.3 Å². The van der Waals surface area contributed by atoms with Crippen molar-refractivity contribution in [1.29, 1.82) is 0 Å². The van der Waals surface area contributed by atoms with Crippen molar-refractivity contribution in [2.24, 2.45) is 0 Å². The number of carbonyl (C=O) groups excluding carboxylic acids is 2. The highest BCUT2D eigenvalue weighted by molar-refractivity contribution is 7.21. The van der Waals surface area contributed by atoms with Gasteiger partial charge in [-0.2, -0.15) is 0 Å². The summed E-state index contributed by atoms with van der Waals surface area (Å²) in [5.41, 5.74) is 1.50. The van der Waals surface area contributed by atoms with E-state index in [4.69, 9.17) is 9.15 Å². The first kappa shape index (κ1) is 17.9. The number of hydrogen-bond donors (Lipinski definition) is 1. The lowest BCUT2D eigenvalue weighted by Gasteiger charge is -2.12. The number of thiazole rings is 1. The van der Waals surface area contributed by atoms with E-state index < -0.39 is 18.0 Å². The van der Waals surface area contributed by atoms with Crippen molar-refractivity contribution in [2.75, 3.05) is 5.32 Å². The second-order valence-corrected chi connectivity index (χ2v) is 7.08. The van der Waals surface area contributed by atoms with E-state index in [0.29, 0.717) is 16.5 Å². The Hall–Kier alpha value is -3.45. The van der Waals surface area contributed by atoms with Crippen LogP contribution in [0, 0.1) is 0 Å². The summed E-state index contributed by atoms with van der Waals surface area (Å²) in [6.45, 7) is 1.51. The zero-order valence-corrected chi connectivity index (χ0v) is 15.7. The van der Waals surface area contributed by atoms with Gasteiger partial charge in [-0.25, -0.2) is 9.78 Å². The standard InChI is InChI=1S/C21H16N2O4S/c1-13(19(24)22-14-7-3-2-4-8-14)26-21(25)17-12-11-16(27-17)20-23-15-9-5-6-10-18(15)28-20/h2-13H,1H3,(H,22,24)/t13-/m1/s1. The van der Waals surface area contributed by atoms with Gasteiger partial charge in [0.25, 0.3) is 5.91 Å². The Morgan fingerprint density at radius 1 is 1.04 bits per heavy atom. The van der Waals surface area contributed by atoms with Gasteiger partial charge < -0.3 is 14.5 Å². The molecular weight excluding hydrogens is 376 g/mol. The molecule has 2 aromatic heterocycles. The van der Waals surface area contributed by atoms with E-state index in [-0.39, 0.29) is 5.76 Å². The number of benzene rings is 2. The lowest BCUT2D eigenvalue weighted by atomic mass is 10.3. The minimum Gasteiger partial charge on any atom is -0.447 e. The van der Waals surface area contributed by atoms with E-state index in [0.717, 1.165) is 10.2 Å². The second-order valence-electron chi connectivity index (χ2n) is 6.05. The molecule has 0 saturated heterocycles. The summed E-state index contributed by atoms with van der Waals surface area (Å²) in [6.07, 6.45) is -0.969. The first-order valence-electron chi connectivity index (χ1n) is 8.63. The molecule has 0 aliphatic carbocycles. The predicted octanol–water partition coefficient (Wildman–Crippen LogP) is 4.74. The number of nitrogens with zero attached hydrogens (tertiary/aromatic N) is 1. The molecule has 2 heterocycles. The molecule has 0 aliphatic heterocycles. The van der Waals surface area contributed by atoms with Crippen LogP contribution < -0.4 is 5.32 Å². The Morgan fingerprint density at radius 2 is 1.79 bits per heavy atom. The van der Waals surface area contributed by atoms with Crippen LogP contribution in [0.1, 0.15) is 17.5 Å². The van der Waals surface area contributed by atoms with Crippen LogP contribution in [-0.4, -0.2) is 23.0 Å². The average molecular weight is 392 g/mol. The highest BCUT2D eigenvalue weighted by Gasteiger charge is 2.22. The van der Waals surface area contributed by atoms with Crippen LogP contribution in [0.4, 0.5) is 5.69 Å². The summed E-state index contributed by atoms with van der Waals surface area (Å²) < 4.78 is 11.9. The third-order valence-corrected chi connectivity index (χ3v) is 5.06. The van der Waals surface area contributed by atoms with Gasteiger partial charge in [0, 0.05) is 5.69 Å². The smallest absolute Gasteiger partial charge is 0.375 e. The van der Waals surface area contributed by atoms with E-state index in [1.54, 1.807) is 30.3 Å². The first-order valence-corrected chi connectivity index (χ1v) is 9.44. The number of fused-ring (bicyclic) bond motifs is 1. The van der Waals surface area contributed by atoms with Crippen molar-refractivity contribution in [3.05, 3.63) is 72.5 Å². The summed E-state index contributed by atoms with van der Waals surface area (Å²) in [4.78, 5) is 29.0. The van der Waals surface area contributed by atoms with Crippen molar-refractivity contribution in [3.8, 4) is 10.8 Å². The number of nitrogens with one attached hydrogen (secondary N) is 1. The topological polar surface area (TPSA) is 81.4 Å². The minimum absolute atomic E-state index is 0.0219. The van der Waals surface area contributed by atoms with Crippen LogP contribution in [-0.2, 0) is 9.53 Å². The van der Waals surface area contributed by atoms with Crippen LogP contribution in [0.3, 0.4) is 0 Å². The number of para-hydroxylation sites is 2. The number of carbonyl (C=O) groups is 2. The van der Waals surface area contributed by atoms with Gasteiger partial charge in [-0.1, -0.05) is 30.3 Å². The van der Waals surface area contributed by atoms with Gasteiger partial charge in [0.05, 0.1) is 10.2 Å². The number of ether oxygens (including phenoxy) is 1. The van der Waals surface area contributed by atoms with E-state index >= 15 is 0 Å². The molecule has 0 spiro atoms. The molecule has 7 heteroatoms. The SMILES string of the molecule is C[C@@H](OC(=O)c1ccc(-c2nc3ccccc3s2)o1)C(=O)Nc1ccccc1. The van der Waals surface area contributed by atoms with Crippen LogP contribution in [0.15, 0.2) is 71.1 Å². The van der Waals surface area contributed by atoms with Gasteiger partial charge in [-0.15, -0.1) is 11.3 Å². The van der Waals surface area contributed by atoms with Crippen molar-refractivity contribution < 1.29 is 18.7 Å². The molecule has 0 unspecified atom stereocenters. The van der Waals surface area contributed by atoms with Crippen molar-refractivity contribution in [1.82, 2.24) is 4.98 Å². The highest BCUT2D eigenvalue weighted by Crippen LogP contribution is 2.31. The summed E-state index contributed by atoms with van der Waals surface area (Å²) in [6, 6.07) is 19.9. The number of esters is 1. The van der Waals surface area contributed by atoms with Crippen LogP contribution >= 0.6 is 11.3 Å². The largest absolute Gasteiger partial charge is 0.447 e. The summed E-state index contributed by atoms with van der Waals surface area (Å²) in [5.74, 6) is -0.622. The van der Waals surface area contributed by atoms with Crippen molar-refractivity contribution in [3.63, 3.8) is 0 Å². The van der Waals surface area contributed by atoms with E-state index in [2.05, 4.69) is 10.3 Å². The quantitative estimate of drug-likeness (QED) is 0.496. The molecule has 1 atom stereocenters. The van der Waals surface area contributed by atoms with Gasteiger partial charge >= 0.3 is 5.97 Å². The number of anilines is 1. The Labute approximate surface area is 164 Å². The van der Waals surface area contributed by atoms with Gasteiger partial charge in [0.2, 0.25) is 5.76 Å². The lowest BCUT2D eigenvalue weighted by molar-refractivity contribution is -0.123. The molecular formula is C21H16N2O4S. The number of rotatable bonds is 5. The molecule has 28 heavy (non-hydrogen) atoms. The maximum absolute atomic E-state index is 12.3. The van der Waals surface area contributed by atoms with Gasteiger partial charge in [0.1, 0.15) is 0 Å². The number of aromatic nitrogens is 1. The monoisotopic (exact) mass is 392 g/mol. The van der Waals surface area contributed by atoms with Gasteiger partial charge in [0.15, 0.2) is 16.9 Å². The number of hydrogen-bond acceptors (Lipinski definition) is 6. The third kappa shape index (κ3) is 3.79. The van der Waals surface area contributed by atoms with Crippen molar-refractivity contribution >= 4 is 39.1 Å². The molecule has 0 bridgehead atoms. The predicted molar refractivity (Wildman–Crippen MR) is 107 cm³/mol. The summed E-state index contributed by atoms with van der Waals surface area (Å²) in [7, 11) is 0. The molecule has 0 saturated carbocycles. The Morgan fingerprint density at radius 3 is 2.57 bits per heavy atom. The number of amides is 1. The van der Waals surface area contributed by atoms with Crippen LogP contribution in [0.25, 0.3) is 21.0 Å². The van der Waals surface area contributed by atoms with Crippen molar-refractivity contribution in [2.45, 2.75) is 13.0 Å². The van der Waals surface area contributed by atoms with Crippen LogP contribution in [0.2, 0.25) is 0 Å². The molecule has 0 radical (unpaired) electrons. The fourth-order valence-electron chi connectivity index (χ4n) is 2.58. The van der Waals surface area contributed by atoms with E-state index in [9.17, 15) is 9.59 Å². The summed E-state index contributed by atoms with van der Waals surface area (Å²) in [5, 5.41) is 3.37. The van der Waals surface area contributed by atoms with Crippen LogP contribution in [0.5, 0.6) is 0 Å². The molecule has 6 nitrogen and oxygen atoms in total. The molecule has 0 fully saturated rings. The molecule has 1 N–H and O–H groups in total. The Kier molecular flexibility index (Phi) is 4.90. The Bertz CT molecular complexity index is 1100. The molecule has 4 rings (SSSR count). The fraction of sp³-hybridized carbons (Fsp3) is 0.0952.